The van der Waals surface area contributed by atoms with Gasteiger partial charge in [0.05, 0.1) is 0 Å². The van der Waals surface area contributed by atoms with Gasteiger partial charge in [-0.1, -0.05) is 78.9 Å². The van der Waals surface area contributed by atoms with Crippen molar-refractivity contribution in [3.05, 3.63) is 70.8 Å². The average Bonchev–Trinajstić information content (AvgIpc) is 2.85. The molecule has 0 bridgehead atoms. The van der Waals surface area contributed by atoms with Gasteiger partial charge in [0.15, 0.2) is 0 Å². The molecular weight excluding hydrogens is 514 g/mol. The lowest BCUT2D eigenvalue weighted by molar-refractivity contribution is -0.148. The van der Waals surface area contributed by atoms with Gasteiger partial charge in [-0.25, -0.2) is 4.79 Å². The summed E-state index contributed by atoms with van der Waals surface area (Å²) in [6.07, 6.45) is 4.80. The van der Waals surface area contributed by atoms with Crippen molar-refractivity contribution in [2.45, 2.75) is 123 Å². The van der Waals surface area contributed by atoms with Crippen LogP contribution in [0.2, 0.25) is 0 Å². The first-order valence-electron chi connectivity index (χ1n) is 14.9. The molecule has 3 amide bonds. The maximum Gasteiger partial charge on any atom is 0.408 e. The molecule has 2 aromatic rings. The first-order valence-corrected chi connectivity index (χ1v) is 14.9. The highest BCUT2D eigenvalue weighted by Crippen LogP contribution is 2.32. The maximum atomic E-state index is 14.7. The quantitative estimate of drug-likeness (QED) is 0.381. The van der Waals surface area contributed by atoms with E-state index in [4.69, 9.17) is 4.74 Å². The highest BCUT2D eigenvalue weighted by molar-refractivity contribution is 5.93. The Kier molecular flexibility index (Phi) is 10.6. The van der Waals surface area contributed by atoms with Crippen molar-refractivity contribution >= 4 is 17.9 Å². The summed E-state index contributed by atoms with van der Waals surface area (Å²) in [5.41, 5.74) is 2.22. The summed E-state index contributed by atoms with van der Waals surface area (Å²) in [4.78, 5) is 43.5. The minimum Gasteiger partial charge on any atom is -0.444 e. The Morgan fingerprint density at radius 3 is 2.02 bits per heavy atom. The molecule has 2 aromatic carbocycles. The van der Waals surface area contributed by atoms with Crippen LogP contribution in [0.25, 0.3) is 0 Å². The van der Waals surface area contributed by atoms with Gasteiger partial charge in [0, 0.05) is 18.0 Å². The number of nitrogens with zero attached hydrogens (tertiary/aromatic N) is 1. The molecule has 1 aliphatic carbocycles. The molecule has 7 heteroatoms. The van der Waals surface area contributed by atoms with E-state index in [0.29, 0.717) is 0 Å². The number of benzene rings is 2. The molecular formula is C34H49N3O4. The third-order valence-electron chi connectivity index (χ3n) is 7.25. The number of rotatable bonds is 8. The number of hydrogen-bond acceptors (Lipinski definition) is 4. The van der Waals surface area contributed by atoms with E-state index in [0.717, 1.165) is 47.9 Å². The second-order valence-electron chi connectivity index (χ2n) is 13.4. The number of hydrogen-bond donors (Lipinski definition) is 2. The molecule has 0 spiro atoms. The Bertz CT molecular complexity index is 1170. The zero-order chi connectivity index (χ0) is 30.4. The van der Waals surface area contributed by atoms with E-state index in [-0.39, 0.29) is 24.3 Å². The van der Waals surface area contributed by atoms with E-state index in [9.17, 15) is 14.4 Å². The van der Waals surface area contributed by atoms with Crippen LogP contribution in [0.1, 0.15) is 102 Å². The van der Waals surface area contributed by atoms with Gasteiger partial charge < -0.3 is 20.3 Å². The first kappa shape index (κ1) is 32.2. The Balaban J connectivity index is 2.08. The van der Waals surface area contributed by atoms with E-state index < -0.39 is 29.3 Å². The topological polar surface area (TPSA) is 87.7 Å². The molecule has 0 aliphatic heterocycles. The fourth-order valence-corrected chi connectivity index (χ4v) is 5.63. The molecule has 2 N–H and O–H groups in total. The van der Waals surface area contributed by atoms with Crippen LogP contribution in [0.4, 0.5) is 4.79 Å². The summed E-state index contributed by atoms with van der Waals surface area (Å²) in [5.74, 6) is -0.531. The Morgan fingerprint density at radius 2 is 1.49 bits per heavy atom. The molecule has 1 aliphatic rings. The number of ether oxygens (including phenoxy) is 1. The summed E-state index contributed by atoms with van der Waals surface area (Å²) in [6, 6.07) is 13.9. The number of amides is 3. The predicted molar refractivity (Wildman–Crippen MR) is 164 cm³/mol. The van der Waals surface area contributed by atoms with Crippen LogP contribution in [0, 0.1) is 13.8 Å². The normalized spacial score (nSPS) is 15.9. The van der Waals surface area contributed by atoms with Gasteiger partial charge in [-0.15, -0.1) is 0 Å². The number of nitrogens with one attached hydrogen (secondary N) is 2. The number of alkyl carbamates (subject to hydrolysis) is 1. The fraction of sp³-hybridized carbons (Fsp3) is 0.559. The molecule has 224 valence electrons. The van der Waals surface area contributed by atoms with Crippen molar-refractivity contribution in [3.63, 3.8) is 0 Å². The molecule has 41 heavy (non-hydrogen) atoms. The Morgan fingerprint density at radius 1 is 0.902 bits per heavy atom. The van der Waals surface area contributed by atoms with Gasteiger partial charge in [-0.2, -0.15) is 0 Å². The predicted octanol–water partition coefficient (Wildman–Crippen LogP) is 6.56. The second kappa shape index (κ2) is 13.5. The monoisotopic (exact) mass is 563 g/mol. The Labute approximate surface area is 246 Å². The van der Waals surface area contributed by atoms with Crippen LogP contribution in [-0.2, 0) is 20.7 Å². The summed E-state index contributed by atoms with van der Waals surface area (Å²) in [5, 5.41) is 6.12. The molecule has 0 saturated heterocycles. The molecule has 2 atom stereocenters. The lowest BCUT2D eigenvalue weighted by Gasteiger charge is -2.43. The van der Waals surface area contributed by atoms with Crippen molar-refractivity contribution in [3.8, 4) is 0 Å². The maximum absolute atomic E-state index is 14.7. The number of carbonyl (C=O) groups is 3. The van der Waals surface area contributed by atoms with Gasteiger partial charge in [0.25, 0.3) is 0 Å². The minimum atomic E-state index is -0.942. The van der Waals surface area contributed by atoms with Gasteiger partial charge in [0.2, 0.25) is 11.8 Å². The van der Waals surface area contributed by atoms with Crippen LogP contribution in [0.3, 0.4) is 0 Å². The molecule has 2 unspecified atom stereocenters. The van der Waals surface area contributed by atoms with Gasteiger partial charge >= 0.3 is 6.09 Å². The second-order valence-corrected chi connectivity index (χ2v) is 13.4. The molecule has 0 radical (unpaired) electrons. The highest BCUT2D eigenvalue weighted by atomic mass is 16.6. The average molecular weight is 564 g/mol. The molecule has 1 fully saturated rings. The van der Waals surface area contributed by atoms with Gasteiger partial charge in [-0.3, -0.25) is 9.59 Å². The standard InChI is InChI=1S/C34H49N3O4/c1-23-19-24(2)21-26(20-23)29(30(38)35-27-17-13-10-14-18-27)37(33(3,4)5)31(39)28(22-25-15-11-9-12-16-25)36-32(40)41-34(6,7)8/h9,11-12,15-16,19-21,27-29H,10,13-14,17-18,22H2,1-8H3,(H,35,38)(H,36,40). The molecule has 0 aromatic heterocycles. The summed E-state index contributed by atoms with van der Waals surface area (Å²) in [7, 11) is 0. The van der Waals surface area contributed by atoms with E-state index in [1.807, 2.05) is 77.1 Å². The number of aryl methyl sites for hydroxylation is 2. The van der Waals surface area contributed by atoms with Crippen LogP contribution in [0.5, 0.6) is 0 Å². The third-order valence-corrected chi connectivity index (χ3v) is 7.25. The summed E-state index contributed by atoms with van der Waals surface area (Å²) in [6.45, 7) is 15.1. The lowest BCUT2D eigenvalue weighted by atomic mass is 9.91. The van der Waals surface area contributed by atoms with Crippen molar-refractivity contribution < 1.29 is 19.1 Å². The highest BCUT2D eigenvalue weighted by Gasteiger charge is 2.42. The van der Waals surface area contributed by atoms with Crippen molar-refractivity contribution in [1.82, 2.24) is 15.5 Å². The smallest absolute Gasteiger partial charge is 0.408 e. The Hall–Kier alpha value is -3.35. The van der Waals surface area contributed by atoms with E-state index in [1.165, 1.54) is 6.42 Å². The zero-order valence-corrected chi connectivity index (χ0v) is 26.2. The van der Waals surface area contributed by atoms with Gasteiger partial charge in [0.1, 0.15) is 17.7 Å². The van der Waals surface area contributed by atoms with Crippen LogP contribution in [0.15, 0.2) is 48.5 Å². The third kappa shape index (κ3) is 9.61. The fourth-order valence-electron chi connectivity index (χ4n) is 5.63. The van der Waals surface area contributed by atoms with Crippen LogP contribution in [-0.4, -0.2) is 46.0 Å². The molecule has 1 saturated carbocycles. The van der Waals surface area contributed by atoms with Crippen molar-refractivity contribution in [2.75, 3.05) is 0 Å². The van der Waals surface area contributed by atoms with E-state index in [1.54, 1.807) is 25.7 Å². The minimum absolute atomic E-state index is 0.0848. The summed E-state index contributed by atoms with van der Waals surface area (Å²) < 4.78 is 5.55. The van der Waals surface area contributed by atoms with Gasteiger partial charge in [-0.05, 0) is 79.4 Å². The lowest BCUT2D eigenvalue weighted by Crippen LogP contribution is -2.59. The SMILES string of the molecule is Cc1cc(C)cc(C(C(=O)NC2CCCCC2)N(C(=O)C(Cc2ccccc2)NC(=O)OC(C)(C)C)C(C)(C)C)c1. The summed E-state index contributed by atoms with van der Waals surface area (Å²) >= 11 is 0. The van der Waals surface area contributed by atoms with Crippen molar-refractivity contribution in [1.29, 1.82) is 0 Å². The molecule has 7 nitrogen and oxygen atoms in total. The van der Waals surface area contributed by atoms with E-state index >= 15 is 0 Å². The van der Waals surface area contributed by atoms with Crippen LogP contribution < -0.4 is 10.6 Å². The molecule has 3 rings (SSSR count). The molecule has 0 heterocycles. The number of carbonyl (C=O) groups excluding carboxylic acids is 3. The van der Waals surface area contributed by atoms with E-state index in [2.05, 4.69) is 16.7 Å². The van der Waals surface area contributed by atoms with Crippen molar-refractivity contribution in [2.24, 2.45) is 0 Å². The largest absolute Gasteiger partial charge is 0.444 e. The first-order chi connectivity index (χ1) is 19.1. The van der Waals surface area contributed by atoms with Crippen LogP contribution >= 0.6 is 0 Å². The zero-order valence-electron chi connectivity index (χ0n) is 26.2.